The molecule has 1 aliphatic carbocycles. The molecule has 0 radical (unpaired) electrons. The zero-order chi connectivity index (χ0) is 13.8. The molecule has 0 saturated heterocycles. The molecule has 0 aliphatic heterocycles. The van der Waals surface area contributed by atoms with E-state index in [0.29, 0.717) is 24.0 Å². The molecular formula is C14H21NO4. The highest BCUT2D eigenvalue weighted by atomic mass is 16.4. The minimum absolute atomic E-state index is 0.214. The Bertz CT molecular complexity index is 441. The van der Waals surface area contributed by atoms with Gasteiger partial charge >= 0.3 is 5.97 Å². The van der Waals surface area contributed by atoms with Crippen molar-refractivity contribution in [2.45, 2.75) is 45.3 Å². The zero-order valence-corrected chi connectivity index (χ0v) is 11.2. The van der Waals surface area contributed by atoms with E-state index < -0.39 is 5.97 Å². The lowest BCUT2D eigenvalue weighted by Crippen LogP contribution is -2.33. The van der Waals surface area contributed by atoms with Crippen molar-refractivity contribution < 1.29 is 19.4 Å². The van der Waals surface area contributed by atoms with Crippen LogP contribution in [0.2, 0.25) is 0 Å². The number of hydrogen-bond donors (Lipinski definition) is 3. The summed E-state index contributed by atoms with van der Waals surface area (Å²) in [6, 6.07) is 1.56. The molecule has 1 aromatic rings. The van der Waals surface area contributed by atoms with E-state index in [1.54, 1.807) is 13.0 Å². The summed E-state index contributed by atoms with van der Waals surface area (Å²) in [6.45, 7) is 2.89. The van der Waals surface area contributed by atoms with E-state index in [0.717, 1.165) is 25.8 Å². The van der Waals surface area contributed by atoms with Crippen LogP contribution in [0.15, 0.2) is 10.5 Å². The van der Waals surface area contributed by atoms with Gasteiger partial charge in [-0.3, -0.25) is 0 Å². The summed E-state index contributed by atoms with van der Waals surface area (Å²) < 4.78 is 5.39. The van der Waals surface area contributed by atoms with E-state index in [-0.39, 0.29) is 11.7 Å². The van der Waals surface area contributed by atoms with Gasteiger partial charge in [-0.1, -0.05) is 12.8 Å². The van der Waals surface area contributed by atoms with Crippen LogP contribution >= 0.6 is 0 Å². The Morgan fingerprint density at radius 1 is 1.47 bits per heavy atom. The molecule has 0 spiro atoms. The third-order valence-corrected chi connectivity index (χ3v) is 3.77. The first-order valence-corrected chi connectivity index (χ1v) is 6.79. The number of carboxylic acid groups (broad SMARTS) is 1. The first kappa shape index (κ1) is 14.1. The second-order valence-electron chi connectivity index (χ2n) is 5.23. The Morgan fingerprint density at radius 3 is 2.84 bits per heavy atom. The van der Waals surface area contributed by atoms with Crippen LogP contribution in [0.3, 0.4) is 0 Å². The molecule has 3 N–H and O–H groups in total. The smallest absolute Gasteiger partial charge is 0.339 e. The lowest BCUT2D eigenvalue weighted by molar-refractivity contribution is 0.0688. The fraction of sp³-hybridized carbons (Fsp3) is 0.643. The second-order valence-corrected chi connectivity index (χ2v) is 5.23. The maximum atomic E-state index is 10.9. The van der Waals surface area contributed by atoms with Crippen molar-refractivity contribution in [3.63, 3.8) is 0 Å². The molecular weight excluding hydrogens is 246 g/mol. The maximum absolute atomic E-state index is 10.9. The van der Waals surface area contributed by atoms with Gasteiger partial charge in [-0.25, -0.2) is 4.79 Å². The summed E-state index contributed by atoms with van der Waals surface area (Å²) in [4.78, 5) is 10.9. The molecule has 1 heterocycles. The monoisotopic (exact) mass is 267 g/mol. The van der Waals surface area contributed by atoms with Crippen LogP contribution in [0.1, 0.15) is 47.6 Å². The van der Waals surface area contributed by atoms with E-state index in [9.17, 15) is 9.90 Å². The molecule has 19 heavy (non-hydrogen) atoms. The Kier molecular flexibility index (Phi) is 4.61. The van der Waals surface area contributed by atoms with Crippen molar-refractivity contribution in [1.82, 2.24) is 5.32 Å². The molecule has 0 aromatic carbocycles. The first-order chi connectivity index (χ1) is 9.08. The van der Waals surface area contributed by atoms with E-state index in [2.05, 4.69) is 5.32 Å². The van der Waals surface area contributed by atoms with Crippen molar-refractivity contribution in [1.29, 1.82) is 0 Å². The predicted octanol–water partition coefficient (Wildman–Crippen LogP) is 1.93. The zero-order valence-electron chi connectivity index (χ0n) is 11.2. The highest BCUT2D eigenvalue weighted by molar-refractivity contribution is 5.88. The van der Waals surface area contributed by atoms with E-state index in [4.69, 9.17) is 9.52 Å². The SMILES string of the molecule is Cc1oc(CNCC2CCCCC2O)cc1C(=O)O. The number of aliphatic hydroxyl groups is 1. The van der Waals surface area contributed by atoms with Crippen LogP contribution in [0.25, 0.3) is 0 Å². The summed E-state index contributed by atoms with van der Waals surface area (Å²) in [7, 11) is 0. The van der Waals surface area contributed by atoms with Crippen LogP contribution in [-0.4, -0.2) is 28.8 Å². The summed E-state index contributed by atoms with van der Waals surface area (Å²) in [6.07, 6.45) is 4.00. The van der Waals surface area contributed by atoms with Crippen LogP contribution < -0.4 is 5.32 Å². The largest absolute Gasteiger partial charge is 0.478 e. The Labute approximate surface area is 112 Å². The molecule has 5 heteroatoms. The second kappa shape index (κ2) is 6.21. The number of hydrogen-bond acceptors (Lipinski definition) is 4. The Hall–Kier alpha value is -1.33. The topological polar surface area (TPSA) is 82.7 Å². The minimum Gasteiger partial charge on any atom is -0.478 e. The number of rotatable bonds is 5. The lowest BCUT2D eigenvalue weighted by atomic mass is 9.86. The molecule has 2 unspecified atom stereocenters. The summed E-state index contributed by atoms with van der Waals surface area (Å²) >= 11 is 0. The van der Waals surface area contributed by atoms with E-state index in [1.807, 2.05) is 0 Å². The molecule has 2 rings (SSSR count). The van der Waals surface area contributed by atoms with Crippen molar-refractivity contribution in [2.75, 3.05) is 6.54 Å². The van der Waals surface area contributed by atoms with Gasteiger partial charge in [0.05, 0.1) is 12.6 Å². The number of aliphatic hydroxyl groups excluding tert-OH is 1. The molecule has 1 aliphatic rings. The van der Waals surface area contributed by atoms with Gasteiger partial charge in [0, 0.05) is 6.54 Å². The molecule has 1 saturated carbocycles. The quantitative estimate of drug-likeness (QED) is 0.759. The average molecular weight is 267 g/mol. The summed E-state index contributed by atoms with van der Waals surface area (Å²) in [5, 5.41) is 22.0. The van der Waals surface area contributed by atoms with Gasteiger partial charge in [0.2, 0.25) is 0 Å². The van der Waals surface area contributed by atoms with Crippen LogP contribution in [-0.2, 0) is 6.54 Å². The molecule has 1 fully saturated rings. The summed E-state index contributed by atoms with van der Waals surface area (Å²) in [5.41, 5.74) is 0.217. The van der Waals surface area contributed by atoms with E-state index >= 15 is 0 Å². The van der Waals surface area contributed by atoms with Crippen molar-refractivity contribution in [3.8, 4) is 0 Å². The fourth-order valence-electron chi connectivity index (χ4n) is 2.65. The third kappa shape index (κ3) is 3.58. The standard InChI is InChI=1S/C14H21NO4/c1-9-12(14(17)18)6-11(19-9)8-15-7-10-4-2-3-5-13(10)16/h6,10,13,15-16H,2-5,7-8H2,1H3,(H,17,18). The maximum Gasteiger partial charge on any atom is 0.339 e. The van der Waals surface area contributed by atoms with Gasteiger partial charge in [0.15, 0.2) is 0 Å². The number of carboxylic acids is 1. The van der Waals surface area contributed by atoms with Gasteiger partial charge in [-0.2, -0.15) is 0 Å². The van der Waals surface area contributed by atoms with Gasteiger partial charge in [-0.15, -0.1) is 0 Å². The minimum atomic E-state index is -0.963. The Morgan fingerprint density at radius 2 is 2.21 bits per heavy atom. The van der Waals surface area contributed by atoms with Crippen molar-refractivity contribution in [2.24, 2.45) is 5.92 Å². The fourth-order valence-corrected chi connectivity index (χ4v) is 2.65. The molecule has 106 valence electrons. The van der Waals surface area contributed by atoms with Crippen LogP contribution in [0.5, 0.6) is 0 Å². The number of nitrogens with one attached hydrogen (secondary N) is 1. The highest BCUT2D eigenvalue weighted by Crippen LogP contribution is 2.23. The van der Waals surface area contributed by atoms with Crippen LogP contribution in [0.4, 0.5) is 0 Å². The van der Waals surface area contributed by atoms with Crippen molar-refractivity contribution >= 4 is 5.97 Å². The van der Waals surface area contributed by atoms with Gasteiger partial charge in [0.1, 0.15) is 17.1 Å². The normalized spacial score (nSPS) is 23.5. The Balaban J connectivity index is 1.82. The average Bonchev–Trinajstić information content (AvgIpc) is 2.73. The molecule has 2 atom stereocenters. The molecule has 5 nitrogen and oxygen atoms in total. The number of aryl methyl sites for hydroxylation is 1. The number of carbonyl (C=O) groups is 1. The lowest BCUT2D eigenvalue weighted by Gasteiger charge is -2.27. The van der Waals surface area contributed by atoms with Gasteiger partial charge < -0.3 is 19.9 Å². The van der Waals surface area contributed by atoms with Crippen LogP contribution in [0, 0.1) is 12.8 Å². The third-order valence-electron chi connectivity index (χ3n) is 3.77. The molecule has 0 amide bonds. The molecule has 1 aromatic heterocycles. The van der Waals surface area contributed by atoms with E-state index in [1.165, 1.54) is 6.42 Å². The van der Waals surface area contributed by atoms with Gasteiger partial charge in [-0.05, 0) is 31.7 Å². The van der Waals surface area contributed by atoms with Crippen molar-refractivity contribution in [3.05, 3.63) is 23.2 Å². The number of aromatic carboxylic acids is 1. The highest BCUT2D eigenvalue weighted by Gasteiger charge is 2.22. The molecule has 0 bridgehead atoms. The number of furan rings is 1. The van der Waals surface area contributed by atoms with Gasteiger partial charge in [0.25, 0.3) is 0 Å². The summed E-state index contributed by atoms with van der Waals surface area (Å²) in [5.74, 6) is 0.390. The predicted molar refractivity (Wildman–Crippen MR) is 70.1 cm³/mol. The first-order valence-electron chi connectivity index (χ1n) is 6.79.